The Morgan fingerprint density at radius 2 is 1.63 bits per heavy atom. The van der Waals surface area contributed by atoms with Gasteiger partial charge in [-0.25, -0.2) is 0 Å². The van der Waals surface area contributed by atoms with E-state index in [1.54, 1.807) is 4.90 Å². The monoisotopic (exact) mass is 379 g/mol. The molecule has 1 aliphatic heterocycles. The first-order valence-electron chi connectivity index (χ1n) is 10.9. The smallest absolute Gasteiger partial charge is 0.241 e. The molecule has 2 fully saturated rings. The van der Waals surface area contributed by atoms with Gasteiger partial charge in [-0.05, 0) is 38.0 Å². The van der Waals surface area contributed by atoms with Crippen LogP contribution in [0.1, 0.15) is 77.6 Å². The molecule has 1 saturated carbocycles. The number of carbonyl (C=O) groups excluding carboxylic acids is 3. The number of hydrogen-bond acceptors (Lipinski definition) is 3. The van der Waals surface area contributed by atoms with Crippen LogP contribution in [0, 0.1) is 11.8 Å². The molecule has 0 radical (unpaired) electrons. The summed E-state index contributed by atoms with van der Waals surface area (Å²) in [6.45, 7) is 4.18. The molecule has 2 aliphatic rings. The predicted octanol–water partition coefficient (Wildman–Crippen LogP) is 2.62. The largest absolute Gasteiger partial charge is 0.356 e. The molecular weight excluding hydrogens is 342 g/mol. The zero-order chi connectivity index (χ0) is 19.5. The van der Waals surface area contributed by atoms with E-state index in [9.17, 15) is 14.4 Å². The zero-order valence-corrected chi connectivity index (χ0v) is 16.9. The van der Waals surface area contributed by atoms with Crippen molar-refractivity contribution in [3.8, 4) is 0 Å². The molecule has 0 spiro atoms. The minimum Gasteiger partial charge on any atom is -0.356 e. The van der Waals surface area contributed by atoms with Gasteiger partial charge in [0.1, 0.15) is 0 Å². The van der Waals surface area contributed by atoms with Gasteiger partial charge in [0.05, 0.1) is 6.54 Å². The number of carbonyl (C=O) groups is 3. The molecule has 6 heteroatoms. The third-order valence-electron chi connectivity index (χ3n) is 5.93. The van der Waals surface area contributed by atoms with Gasteiger partial charge >= 0.3 is 0 Å². The van der Waals surface area contributed by atoms with Gasteiger partial charge in [0, 0.05) is 32.0 Å². The van der Waals surface area contributed by atoms with E-state index in [0.29, 0.717) is 38.3 Å². The Bertz CT molecular complexity index is 481. The molecule has 6 nitrogen and oxygen atoms in total. The van der Waals surface area contributed by atoms with Crippen LogP contribution in [0.4, 0.5) is 0 Å². The van der Waals surface area contributed by atoms with Crippen molar-refractivity contribution in [2.24, 2.45) is 11.8 Å². The highest BCUT2D eigenvalue weighted by Gasteiger charge is 2.27. The van der Waals surface area contributed by atoms with Crippen molar-refractivity contribution in [2.45, 2.75) is 77.6 Å². The summed E-state index contributed by atoms with van der Waals surface area (Å²) in [5.41, 5.74) is 0. The van der Waals surface area contributed by atoms with Gasteiger partial charge in [-0.3, -0.25) is 14.4 Å². The van der Waals surface area contributed by atoms with E-state index in [-0.39, 0.29) is 30.2 Å². The van der Waals surface area contributed by atoms with Crippen molar-refractivity contribution in [2.75, 3.05) is 26.2 Å². The molecule has 2 rings (SSSR count). The molecule has 0 atom stereocenters. The van der Waals surface area contributed by atoms with E-state index in [4.69, 9.17) is 0 Å². The maximum absolute atomic E-state index is 12.3. The Balaban J connectivity index is 1.60. The first-order chi connectivity index (χ1) is 13.1. The molecule has 0 aromatic heterocycles. The Morgan fingerprint density at radius 3 is 2.30 bits per heavy atom. The fraction of sp³-hybridized carbons (Fsp3) is 0.857. The van der Waals surface area contributed by atoms with E-state index in [2.05, 4.69) is 17.6 Å². The summed E-state index contributed by atoms with van der Waals surface area (Å²) in [4.78, 5) is 38.3. The van der Waals surface area contributed by atoms with Crippen molar-refractivity contribution in [3.05, 3.63) is 0 Å². The SMILES string of the molecule is CCCCCNC(=O)C1CCN(C(=O)CNC(=O)CC2CCCCC2)CC1. The third-order valence-corrected chi connectivity index (χ3v) is 5.93. The molecule has 154 valence electrons. The van der Waals surface area contributed by atoms with Gasteiger partial charge in [-0.1, -0.05) is 39.0 Å². The van der Waals surface area contributed by atoms with Gasteiger partial charge < -0.3 is 15.5 Å². The number of amides is 3. The van der Waals surface area contributed by atoms with Gasteiger partial charge in [0.15, 0.2) is 0 Å². The highest BCUT2D eigenvalue weighted by atomic mass is 16.2. The number of hydrogen-bond donors (Lipinski definition) is 2. The van der Waals surface area contributed by atoms with E-state index in [1.165, 1.54) is 19.3 Å². The van der Waals surface area contributed by atoms with Gasteiger partial charge in [0.25, 0.3) is 0 Å². The quantitative estimate of drug-likeness (QED) is 0.605. The molecule has 1 aliphatic carbocycles. The lowest BCUT2D eigenvalue weighted by Gasteiger charge is -2.31. The summed E-state index contributed by atoms with van der Waals surface area (Å²) in [5.74, 6) is 0.585. The van der Waals surface area contributed by atoms with Crippen LogP contribution in [0.15, 0.2) is 0 Å². The van der Waals surface area contributed by atoms with E-state index in [1.807, 2.05) is 0 Å². The molecule has 0 aromatic carbocycles. The van der Waals surface area contributed by atoms with Crippen LogP contribution in [-0.2, 0) is 14.4 Å². The molecule has 27 heavy (non-hydrogen) atoms. The zero-order valence-electron chi connectivity index (χ0n) is 16.9. The van der Waals surface area contributed by atoms with Gasteiger partial charge in [0.2, 0.25) is 17.7 Å². The van der Waals surface area contributed by atoms with Crippen LogP contribution < -0.4 is 10.6 Å². The predicted molar refractivity (Wildman–Crippen MR) is 106 cm³/mol. The van der Waals surface area contributed by atoms with Crippen molar-refractivity contribution >= 4 is 17.7 Å². The third kappa shape index (κ3) is 7.89. The van der Waals surface area contributed by atoms with Crippen molar-refractivity contribution in [1.82, 2.24) is 15.5 Å². The highest BCUT2D eigenvalue weighted by molar-refractivity contribution is 5.85. The lowest BCUT2D eigenvalue weighted by molar-refractivity contribution is -0.136. The van der Waals surface area contributed by atoms with Gasteiger partial charge in [-0.2, -0.15) is 0 Å². The van der Waals surface area contributed by atoms with Gasteiger partial charge in [-0.15, -0.1) is 0 Å². The number of nitrogens with zero attached hydrogens (tertiary/aromatic N) is 1. The Kier molecular flexibility index (Phi) is 9.64. The molecular formula is C21H37N3O3. The fourth-order valence-electron chi connectivity index (χ4n) is 4.13. The van der Waals surface area contributed by atoms with Crippen LogP contribution >= 0.6 is 0 Å². The van der Waals surface area contributed by atoms with E-state index >= 15 is 0 Å². The van der Waals surface area contributed by atoms with Crippen LogP contribution in [0.25, 0.3) is 0 Å². The average Bonchev–Trinajstić information content (AvgIpc) is 2.70. The maximum atomic E-state index is 12.3. The van der Waals surface area contributed by atoms with Crippen LogP contribution in [-0.4, -0.2) is 48.8 Å². The summed E-state index contributed by atoms with van der Waals surface area (Å²) in [5, 5.41) is 5.80. The fourth-order valence-corrected chi connectivity index (χ4v) is 4.13. The molecule has 1 saturated heterocycles. The summed E-state index contributed by atoms with van der Waals surface area (Å²) in [6, 6.07) is 0. The summed E-state index contributed by atoms with van der Waals surface area (Å²) in [6.07, 6.45) is 11.3. The standard InChI is InChI=1S/C21H37N3O3/c1-2-3-7-12-22-21(27)18-10-13-24(14-11-18)20(26)16-23-19(25)15-17-8-5-4-6-9-17/h17-18H,2-16H2,1H3,(H,22,27)(H,23,25). The second-order valence-electron chi connectivity index (χ2n) is 8.14. The average molecular weight is 380 g/mol. The normalized spacial score (nSPS) is 18.9. The molecule has 3 amide bonds. The Hall–Kier alpha value is -1.59. The highest BCUT2D eigenvalue weighted by Crippen LogP contribution is 2.26. The minimum absolute atomic E-state index is 0.00315. The Labute approximate surface area is 163 Å². The molecule has 0 bridgehead atoms. The van der Waals surface area contributed by atoms with Crippen molar-refractivity contribution < 1.29 is 14.4 Å². The first kappa shape index (κ1) is 21.7. The molecule has 2 N–H and O–H groups in total. The number of nitrogens with one attached hydrogen (secondary N) is 2. The number of unbranched alkanes of at least 4 members (excludes halogenated alkanes) is 2. The first-order valence-corrected chi connectivity index (χ1v) is 10.9. The van der Waals surface area contributed by atoms with E-state index < -0.39 is 0 Å². The lowest BCUT2D eigenvalue weighted by Crippen LogP contribution is -2.46. The maximum Gasteiger partial charge on any atom is 0.241 e. The number of piperidine rings is 1. The van der Waals surface area contributed by atoms with Crippen molar-refractivity contribution in [1.29, 1.82) is 0 Å². The van der Waals surface area contributed by atoms with Crippen LogP contribution in [0.2, 0.25) is 0 Å². The molecule has 0 unspecified atom stereocenters. The summed E-state index contributed by atoms with van der Waals surface area (Å²) >= 11 is 0. The van der Waals surface area contributed by atoms with Crippen LogP contribution in [0.5, 0.6) is 0 Å². The van der Waals surface area contributed by atoms with E-state index in [0.717, 1.165) is 38.6 Å². The second-order valence-corrected chi connectivity index (χ2v) is 8.14. The van der Waals surface area contributed by atoms with Crippen molar-refractivity contribution in [3.63, 3.8) is 0 Å². The summed E-state index contributed by atoms with van der Waals surface area (Å²) < 4.78 is 0. The molecule has 0 aromatic rings. The van der Waals surface area contributed by atoms with Crippen LogP contribution in [0.3, 0.4) is 0 Å². The topological polar surface area (TPSA) is 78.5 Å². The lowest BCUT2D eigenvalue weighted by atomic mass is 9.87. The molecule has 1 heterocycles. The Morgan fingerprint density at radius 1 is 0.926 bits per heavy atom. The second kappa shape index (κ2) is 12.0. The number of likely N-dealkylation sites (tertiary alicyclic amines) is 1. The number of rotatable bonds is 9. The summed E-state index contributed by atoms with van der Waals surface area (Å²) in [7, 11) is 0. The minimum atomic E-state index is -0.0335.